The number of aromatic carboxylic acids is 1. The van der Waals surface area contributed by atoms with E-state index in [1.54, 1.807) is 0 Å². The second-order valence-electron chi connectivity index (χ2n) is 3.75. The van der Waals surface area contributed by atoms with Crippen molar-refractivity contribution in [2.75, 3.05) is 0 Å². The maximum Gasteiger partial charge on any atom is 0.346 e. The van der Waals surface area contributed by atoms with Gasteiger partial charge < -0.3 is 10.2 Å². The third-order valence-electron chi connectivity index (χ3n) is 2.83. The highest BCUT2D eigenvalue weighted by molar-refractivity contribution is 7.21. The van der Waals surface area contributed by atoms with E-state index >= 15 is 0 Å². The molecule has 3 nitrogen and oxygen atoms in total. The van der Waals surface area contributed by atoms with Gasteiger partial charge in [-0.2, -0.15) is 0 Å². The van der Waals surface area contributed by atoms with Gasteiger partial charge in [-0.05, 0) is 35.9 Å². The minimum Gasteiger partial charge on any atom is -0.477 e. The molecule has 0 saturated heterocycles. The van der Waals surface area contributed by atoms with Gasteiger partial charge in [0.2, 0.25) is 0 Å². The Hall–Kier alpha value is -1.39. The summed E-state index contributed by atoms with van der Waals surface area (Å²) in [5.74, 6) is -0.886. The molecule has 2 rings (SSSR count). The normalized spacial score (nSPS) is 10.9. The summed E-state index contributed by atoms with van der Waals surface area (Å²) in [4.78, 5) is 11.4. The van der Waals surface area contributed by atoms with Crippen molar-refractivity contribution in [2.24, 2.45) is 0 Å². The zero-order valence-electron chi connectivity index (χ0n) is 9.07. The third kappa shape index (κ3) is 1.50. The van der Waals surface area contributed by atoms with Crippen LogP contribution < -0.4 is 0 Å². The van der Waals surface area contributed by atoms with Gasteiger partial charge in [0.1, 0.15) is 4.88 Å². The van der Waals surface area contributed by atoms with Crippen molar-refractivity contribution in [2.45, 2.75) is 20.5 Å². The predicted molar refractivity (Wildman–Crippen MR) is 64.2 cm³/mol. The number of benzene rings is 1. The van der Waals surface area contributed by atoms with Crippen molar-refractivity contribution < 1.29 is 15.0 Å². The summed E-state index contributed by atoms with van der Waals surface area (Å²) >= 11 is 1.28. The average Bonchev–Trinajstić information content (AvgIpc) is 2.58. The number of aliphatic hydroxyl groups excluding tert-OH is 1. The second kappa shape index (κ2) is 3.88. The number of carbonyl (C=O) groups is 1. The van der Waals surface area contributed by atoms with Crippen LogP contribution in [0.5, 0.6) is 0 Å². The van der Waals surface area contributed by atoms with E-state index in [4.69, 9.17) is 10.2 Å². The van der Waals surface area contributed by atoms with Crippen LogP contribution in [0.2, 0.25) is 0 Å². The summed E-state index contributed by atoms with van der Waals surface area (Å²) in [6.45, 7) is 3.72. The van der Waals surface area contributed by atoms with Crippen molar-refractivity contribution in [3.63, 3.8) is 0 Å². The van der Waals surface area contributed by atoms with Gasteiger partial charge in [-0.3, -0.25) is 0 Å². The van der Waals surface area contributed by atoms with Crippen LogP contribution in [0.1, 0.15) is 26.4 Å². The molecule has 1 heterocycles. The third-order valence-corrected chi connectivity index (χ3v) is 4.25. The van der Waals surface area contributed by atoms with Crippen LogP contribution in [-0.2, 0) is 6.61 Å². The molecule has 4 heteroatoms. The Morgan fingerprint density at radius 1 is 1.31 bits per heavy atom. The standard InChI is InChI=1S/C12H12O3S/c1-6-8(5-13)3-4-9-7(2)11(12(14)15)16-10(6)9/h3-4,13H,5H2,1-2H3,(H,14,15). The highest BCUT2D eigenvalue weighted by atomic mass is 32.1. The highest BCUT2D eigenvalue weighted by Crippen LogP contribution is 2.34. The van der Waals surface area contributed by atoms with E-state index in [0.717, 1.165) is 26.8 Å². The van der Waals surface area contributed by atoms with Gasteiger partial charge >= 0.3 is 5.97 Å². The van der Waals surface area contributed by atoms with Gasteiger partial charge in [-0.15, -0.1) is 11.3 Å². The summed E-state index contributed by atoms with van der Waals surface area (Å²) in [6, 6.07) is 3.73. The van der Waals surface area contributed by atoms with Gasteiger partial charge in [-0.1, -0.05) is 12.1 Å². The molecule has 2 aromatic rings. The van der Waals surface area contributed by atoms with Gasteiger partial charge in [0, 0.05) is 4.70 Å². The topological polar surface area (TPSA) is 57.5 Å². The van der Waals surface area contributed by atoms with Gasteiger partial charge in [0.15, 0.2) is 0 Å². The monoisotopic (exact) mass is 236 g/mol. The fourth-order valence-electron chi connectivity index (χ4n) is 1.84. The fraction of sp³-hybridized carbons (Fsp3) is 0.250. The number of hydrogen-bond donors (Lipinski definition) is 2. The maximum atomic E-state index is 11.0. The number of fused-ring (bicyclic) bond motifs is 1. The van der Waals surface area contributed by atoms with Crippen LogP contribution >= 0.6 is 11.3 Å². The van der Waals surface area contributed by atoms with E-state index in [2.05, 4.69) is 0 Å². The van der Waals surface area contributed by atoms with Crippen LogP contribution in [0.3, 0.4) is 0 Å². The molecule has 0 bridgehead atoms. The Labute approximate surface area is 97.0 Å². The molecule has 0 fully saturated rings. The number of thiophene rings is 1. The molecular weight excluding hydrogens is 224 g/mol. The number of aliphatic hydroxyl groups is 1. The molecule has 1 aromatic heterocycles. The minimum absolute atomic E-state index is 0.0128. The maximum absolute atomic E-state index is 11.0. The fourth-order valence-corrected chi connectivity index (χ4v) is 3.01. The summed E-state index contributed by atoms with van der Waals surface area (Å²) < 4.78 is 0.960. The lowest BCUT2D eigenvalue weighted by Crippen LogP contribution is -1.93. The lowest BCUT2D eigenvalue weighted by Gasteiger charge is -2.03. The Kier molecular flexibility index (Phi) is 2.69. The number of rotatable bonds is 2. The van der Waals surface area contributed by atoms with Gasteiger partial charge in [-0.25, -0.2) is 4.79 Å². The molecule has 0 radical (unpaired) electrons. The molecule has 2 N–H and O–H groups in total. The molecule has 0 saturated carbocycles. The van der Waals surface area contributed by atoms with Crippen molar-refractivity contribution >= 4 is 27.4 Å². The van der Waals surface area contributed by atoms with Crippen LogP contribution in [0.4, 0.5) is 0 Å². The molecule has 0 unspecified atom stereocenters. The van der Waals surface area contributed by atoms with Gasteiger partial charge in [0.05, 0.1) is 6.61 Å². The van der Waals surface area contributed by atoms with E-state index in [1.165, 1.54) is 11.3 Å². The average molecular weight is 236 g/mol. The Morgan fingerprint density at radius 2 is 2.00 bits per heavy atom. The largest absolute Gasteiger partial charge is 0.477 e. The smallest absolute Gasteiger partial charge is 0.346 e. The summed E-state index contributed by atoms with van der Waals surface area (Å²) in [5.41, 5.74) is 2.63. The zero-order chi connectivity index (χ0) is 11.9. The van der Waals surface area contributed by atoms with Crippen LogP contribution in [-0.4, -0.2) is 16.2 Å². The lowest BCUT2D eigenvalue weighted by atomic mass is 10.0. The second-order valence-corrected chi connectivity index (χ2v) is 4.77. The van der Waals surface area contributed by atoms with Crippen LogP contribution in [0.15, 0.2) is 12.1 Å². The summed E-state index contributed by atoms with van der Waals surface area (Å²) in [5, 5.41) is 19.2. The summed E-state index contributed by atoms with van der Waals surface area (Å²) in [6.07, 6.45) is 0. The molecule has 0 aliphatic carbocycles. The molecule has 0 aliphatic heterocycles. The van der Waals surface area contributed by atoms with E-state index in [0.29, 0.717) is 4.88 Å². The first-order valence-corrected chi connectivity index (χ1v) is 5.73. The number of carboxylic acids is 1. The van der Waals surface area contributed by atoms with E-state index in [9.17, 15) is 4.79 Å². The van der Waals surface area contributed by atoms with E-state index < -0.39 is 5.97 Å². The van der Waals surface area contributed by atoms with Gasteiger partial charge in [0.25, 0.3) is 0 Å². The van der Waals surface area contributed by atoms with Crippen LogP contribution in [0.25, 0.3) is 10.1 Å². The van der Waals surface area contributed by atoms with Crippen molar-refractivity contribution in [3.05, 3.63) is 33.7 Å². The Bertz CT molecular complexity index is 569. The Balaban J connectivity index is 2.81. The zero-order valence-corrected chi connectivity index (χ0v) is 9.89. The number of aryl methyl sites for hydroxylation is 2. The first-order chi connectivity index (χ1) is 7.56. The predicted octanol–water partition coefficient (Wildman–Crippen LogP) is 2.71. The molecule has 0 amide bonds. The molecular formula is C12H12O3S. The number of hydrogen-bond acceptors (Lipinski definition) is 3. The van der Waals surface area contributed by atoms with E-state index in [1.807, 2.05) is 26.0 Å². The highest BCUT2D eigenvalue weighted by Gasteiger charge is 2.16. The first kappa shape index (κ1) is 11.1. The summed E-state index contributed by atoms with van der Waals surface area (Å²) in [7, 11) is 0. The molecule has 0 aliphatic rings. The molecule has 0 spiro atoms. The molecule has 0 atom stereocenters. The molecule has 16 heavy (non-hydrogen) atoms. The minimum atomic E-state index is -0.886. The van der Waals surface area contributed by atoms with Crippen molar-refractivity contribution in [1.82, 2.24) is 0 Å². The molecule has 1 aromatic carbocycles. The Morgan fingerprint density at radius 3 is 2.56 bits per heavy atom. The SMILES string of the molecule is Cc1c(C(=O)O)sc2c(C)c(CO)ccc12. The number of carboxylic acid groups (broad SMARTS) is 1. The van der Waals surface area contributed by atoms with Crippen LogP contribution in [0, 0.1) is 13.8 Å². The van der Waals surface area contributed by atoms with Crippen molar-refractivity contribution in [1.29, 1.82) is 0 Å². The van der Waals surface area contributed by atoms with E-state index in [-0.39, 0.29) is 6.61 Å². The quantitative estimate of drug-likeness (QED) is 0.842. The lowest BCUT2D eigenvalue weighted by molar-refractivity contribution is 0.0701. The van der Waals surface area contributed by atoms with Crippen molar-refractivity contribution in [3.8, 4) is 0 Å². The first-order valence-electron chi connectivity index (χ1n) is 4.92. The molecule has 84 valence electrons.